The number of rotatable bonds is 4. The minimum Gasteiger partial charge on any atom is -0.371 e. The zero-order valence-corrected chi connectivity index (χ0v) is 16.2. The molecule has 7 heteroatoms. The second kappa shape index (κ2) is 9.72. The average molecular weight is 425 g/mol. The maximum absolute atomic E-state index is 12.0. The van der Waals surface area contributed by atoms with Crippen molar-refractivity contribution in [3.8, 4) is 0 Å². The van der Waals surface area contributed by atoms with Gasteiger partial charge in [0, 0.05) is 29.8 Å². The van der Waals surface area contributed by atoms with E-state index >= 15 is 0 Å². The first-order valence-corrected chi connectivity index (χ1v) is 8.53. The van der Waals surface area contributed by atoms with E-state index in [1.807, 2.05) is 0 Å². The van der Waals surface area contributed by atoms with Gasteiger partial charge < -0.3 is 15.5 Å². The number of hydrogen-bond acceptors (Lipinski definition) is 3. The Hall–Kier alpha value is -0.490. The molecular weight excluding hydrogens is 401 g/mol. The molecule has 23 heavy (non-hydrogen) atoms. The molecule has 0 saturated carbocycles. The third-order valence-electron chi connectivity index (χ3n) is 4.42. The molecule has 1 aromatic rings. The summed E-state index contributed by atoms with van der Waals surface area (Å²) < 4.78 is 1.11. The van der Waals surface area contributed by atoms with Crippen molar-refractivity contribution in [1.29, 1.82) is 0 Å². The Morgan fingerprint density at radius 1 is 1.26 bits per heavy atom. The molecule has 2 N–H and O–H groups in total. The molecule has 130 valence electrons. The van der Waals surface area contributed by atoms with Gasteiger partial charge in [-0.25, -0.2) is 0 Å². The summed E-state index contributed by atoms with van der Waals surface area (Å²) in [4.78, 5) is 14.4. The summed E-state index contributed by atoms with van der Waals surface area (Å²) in [5.41, 5.74) is 1.27. The minimum absolute atomic E-state index is 0. The molecule has 2 fully saturated rings. The molecule has 2 aliphatic rings. The third-order valence-corrected chi connectivity index (χ3v) is 4.95. The van der Waals surface area contributed by atoms with Gasteiger partial charge in [0.1, 0.15) is 0 Å². The van der Waals surface area contributed by atoms with Gasteiger partial charge in [-0.05, 0) is 56.0 Å². The number of amides is 1. The SMILES string of the molecule is Cl.Cl.O=C(NCC1CCN(c2ccc(Br)cc2)C1)[C@@H]1CCCN1. The van der Waals surface area contributed by atoms with Crippen LogP contribution in [0.2, 0.25) is 0 Å². The monoisotopic (exact) mass is 423 g/mol. The average Bonchev–Trinajstić information content (AvgIpc) is 3.17. The van der Waals surface area contributed by atoms with Gasteiger partial charge in [0.25, 0.3) is 0 Å². The van der Waals surface area contributed by atoms with Crippen LogP contribution < -0.4 is 15.5 Å². The summed E-state index contributed by atoms with van der Waals surface area (Å²) >= 11 is 3.47. The molecule has 0 radical (unpaired) electrons. The highest BCUT2D eigenvalue weighted by Crippen LogP contribution is 2.25. The molecule has 0 aromatic heterocycles. The van der Waals surface area contributed by atoms with Crippen LogP contribution in [0.1, 0.15) is 19.3 Å². The van der Waals surface area contributed by atoms with Crippen LogP contribution in [-0.4, -0.2) is 38.1 Å². The van der Waals surface area contributed by atoms with Gasteiger partial charge in [-0.2, -0.15) is 0 Å². The van der Waals surface area contributed by atoms with Crippen LogP contribution >= 0.6 is 40.7 Å². The molecule has 0 spiro atoms. The molecule has 2 heterocycles. The lowest BCUT2D eigenvalue weighted by Crippen LogP contribution is -2.42. The normalized spacial score (nSPS) is 23.1. The van der Waals surface area contributed by atoms with Crippen LogP contribution in [0.5, 0.6) is 0 Å². The van der Waals surface area contributed by atoms with Crippen molar-refractivity contribution in [2.75, 3.05) is 31.1 Å². The number of carbonyl (C=O) groups is 1. The highest BCUT2D eigenvalue weighted by Gasteiger charge is 2.26. The van der Waals surface area contributed by atoms with Gasteiger partial charge in [0.05, 0.1) is 6.04 Å². The summed E-state index contributed by atoms with van der Waals surface area (Å²) in [5.74, 6) is 0.730. The van der Waals surface area contributed by atoms with Crippen molar-refractivity contribution in [2.24, 2.45) is 5.92 Å². The van der Waals surface area contributed by atoms with E-state index < -0.39 is 0 Å². The van der Waals surface area contributed by atoms with E-state index in [4.69, 9.17) is 0 Å². The fourth-order valence-electron chi connectivity index (χ4n) is 3.16. The quantitative estimate of drug-likeness (QED) is 0.780. The maximum Gasteiger partial charge on any atom is 0.237 e. The highest BCUT2D eigenvalue weighted by atomic mass is 79.9. The molecule has 2 aliphatic heterocycles. The molecule has 0 aliphatic carbocycles. The fraction of sp³-hybridized carbons (Fsp3) is 0.562. The Bertz CT molecular complexity index is 495. The van der Waals surface area contributed by atoms with Gasteiger partial charge in [-0.1, -0.05) is 15.9 Å². The molecule has 4 nitrogen and oxygen atoms in total. The first-order valence-electron chi connectivity index (χ1n) is 7.74. The van der Waals surface area contributed by atoms with E-state index in [1.54, 1.807) is 0 Å². The van der Waals surface area contributed by atoms with Crippen molar-refractivity contribution in [3.63, 3.8) is 0 Å². The van der Waals surface area contributed by atoms with Gasteiger partial charge in [0.2, 0.25) is 5.91 Å². The van der Waals surface area contributed by atoms with Crippen LogP contribution in [0.15, 0.2) is 28.7 Å². The minimum atomic E-state index is 0. The van der Waals surface area contributed by atoms with E-state index in [0.29, 0.717) is 5.92 Å². The topological polar surface area (TPSA) is 44.4 Å². The number of nitrogens with one attached hydrogen (secondary N) is 2. The van der Waals surface area contributed by atoms with Gasteiger partial charge in [0.15, 0.2) is 0 Å². The standard InChI is InChI=1S/C16H22BrN3O.2ClH/c17-13-3-5-14(6-4-13)20-9-7-12(11-20)10-19-16(21)15-2-1-8-18-15;;/h3-6,12,15,18H,1-2,7-11H2,(H,19,21);2*1H/t12?,15-;;/m0../s1. The Kier molecular flexibility index (Phi) is 8.69. The van der Waals surface area contributed by atoms with Crippen molar-refractivity contribution in [3.05, 3.63) is 28.7 Å². The zero-order chi connectivity index (χ0) is 14.7. The summed E-state index contributed by atoms with van der Waals surface area (Å²) in [6, 6.07) is 8.49. The molecule has 2 saturated heterocycles. The van der Waals surface area contributed by atoms with E-state index in [2.05, 4.69) is 55.7 Å². The van der Waals surface area contributed by atoms with Crippen molar-refractivity contribution >= 4 is 52.3 Å². The zero-order valence-electron chi connectivity index (χ0n) is 13.0. The summed E-state index contributed by atoms with van der Waals surface area (Å²) in [7, 11) is 0. The predicted molar refractivity (Wildman–Crippen MR) is 103 cm³/mol. The molecular formula is C16H24BrCl2N3O. The lowest BCUT2D eigenvalue weighted by molar-refractivity contribution is -0.122. The predicted octanol–water partition coefficient (Wildman–Crippen LogP) is 2.99. The highest BCUT2D eigenvalue weighted by molar-refractivity contribution is 9.10. The largest absolute Gasteiger partial charge is 0.371 e. The van der Waals surface area contributed by atoms with Crippen molar-refractivity contribution < 1.29 is 4.79 Å². The fourth-order valence-corrected chi connectivity index (χ4v) is 3.43. The summed E-state index contributed by atoms with van der Waals surface area (Å²) in [6.45, 7) is 3.87. The first-order chi connectivity index (χ1) is 10.2. The molecule has 0 bridgehead atoms. The summed E-state index contributed by atoms with van der Waals surface area (Å²) in [5, 5.41) is 6.36. The van der Waals surface area contributed by atoms with Crippen LogP contribution in [0.3, 0.4) is 0 Å². The lowest BCUT2D eigenvalue weighted by atomic mass is 10.1. The maximum atomic E-state index is 12.0. The number of carbonyl (C=O) groups excluding carboxylic acids is 1. The Morgan fingerprint density at radius 2 is 2.00 bits per heavy atom. The van der Waals surface area contributed by atoms with E-state index in [9.17, 15) is 4.79 Å². The van der Waals surface area contributed by atoms with Crippen LogP contribution in [0.4, 0.5) is 5.69 Å². The third kappa shape index (κ3) is 5.52. The van der Waals surface area contributed by atoms with E-state index in [-0.39, 0.29) is 36.8 Å². The van der Waals surface area contributed by atoms with Crippen molar-refractivity contribution in [2.45, 2.75) is 25.3 Å². The number of anilines is 1. The lowest BCUT2D eigenvalue weighted by Gasteiger charge is -2.19. The van der Waals surface area contributed by atoms with Gasteiger partial charge >= 0.3 is 0 Å². The smallest absolute Gasteiger partial charge is 0.237 e. The number of nitrogens with zero attached hydrogens (tertiary/aromatic N) is 1. The Labute approximate surface area is 158 Å². The molecule has 1 aromatic carbocycles. The Morgan fingerprint density at radius 3 is 2.65 bits per heavy atom. The molecule has 1 unspecified atom stereocenters. The van der Waals surface area contributed by atoms with Crippen LogP contribution in [0.25, 0.3) is 0 Å². The molecule has 1 amide bonds. The van der Waals surface area contributed by atoms with Gasteiger partial charge in [-0.3, -0.25) is 4.79 Å². The van der Waals surface area contributed by atoms with E-state index in [0.717, 1.165) is 49.9 Å². The number of benzene rings is 1. The molecule has 3 rings (SSSR count). The van der Waals surface area contributed by atoms with Crippen molar-refractivity contribution in [1.82, 2.24) is 10.6 Å². The second-order valence-corrected chi connectivity index (χ2v) is 6.89. The summed E-state index contributed by atoms with van der Waals surface area (Å²) in [6.07, 6.45) is 3.23. The second-order valence-electron chi connectivity index (χ2n) is 5.97. The number of halogens is 3. The van der Waals surface area contributed by atoms with Crippen LogP contribution in [0, 0.1) is 5.92 Å². The Balaban J connectivity index is 0.00000132. The first kappa shape index (κ1) is 20.6. The number of hydrogen-bond donors (Lipinski definition) is 2. The van der Waals surface area contributed by atoms with Crippen LogP contribution in [-0.2, 0) is 4.79 Å². The molecule has 2 atom stereocenters. The van der Waals surface area contributed by atoms with E-state index in [1.165, 1.54) is 5.69 Å². The van der Waals surface area contributed by atoms with Gasteiger partial charge in [-0.15, -0.1) is 24.8 Å².